The van der Waals surface area contributed by atoms with Gasteiger partial charge in [0.2, 0.25) is 0 Å². The molecule has 2 N–H and O–H groups in total. The first-order valence-electron chi connectivity index (χ1n) is 6.19. The standard InChI is InChI=1S/C14H21NO/c1-16-14-8-3-2-7-13(14)11-5-4-6-12(15)10-9-11/h2-3,7-8,11-12H,4-6,9-10,15H2,1H3. The second kappa shape index (κ2) is 5.35. The monoisotopic (exact) mass is 219 g/mol. The summed E-state index contributed by atoms with van der Waals surface area (Å²) in [5, 5.41) is 0. The summed E-state index contributed by atoms with van der Waals surface area (Å²) in [5.74, 6) is 1.66. The number of ether oxygens (including phenoxy) is 1. The number of hydrogen-bond donors (Lipinski definition) is 1. The average Bonchev–Trinajstić information content (AvgIpc) is 2.54. The van der Waals surface area contributed by atoms with E-state index in [4.69, 9.17) is 10.5 Å². The fourth-order valence-corrected chi connectivity index (χ4v) is 2.65. The minimum Gasteiger partial charge on any atom is -0.496 e. The Balaban J connectivity index is 2.16. The maximum absolute atomic E-state index is 6.01. The van der Waals surface area contributed by atoms with Gasteiger partial charge in [0.25, 0.3) is 0 Å². The molecule has 1 fully saturated rings. The van der Waals surface area contributed by atoms with Gasteiger partial charge in [0.15, 0.2) is 0 Å². The second-order valence-corrected chi connectivity index (χ2v) is 4.71. The number of hydrogen-bond acceptors (Lipinski definition) is 2. The highest BCUT2D eigenvalue weighted by molar-refractivity contribution is 5.36. The second-order valence-electron chi connectivity index (χ2n) is 4.71. The lowest BCUT2D eigenvalue weighted by Crippen LogP contribution is -2.17. The third-order valence-corrected chi connectivity index (χ3v) is 3.59. The molecule has 2 rings (SSSR count). The topological polar surface area (TPSA) is 35.2 Å². The molecule has 0 aliphatic heterocycles. The molecular weight excluding hydrogens is 198 g/mol. The average molecular weight is 219 g/mol. The Hall–Kier alpha value is -1.02. The van der Waals surface area contributed by atoms with Gasteiger partial charge in [0, 0.05) is 6.04 Å². The van der Waals surface area contributed by atoms with Crippen LogP contribution in [0.1, 0.15) is 43.6 Å². The molecule has 0 saturated heterocycles. The molecule has 1 saturated carbocycles. The highest BCUT2D eigenvalue weighted by atomic mass is 16.5. The molecule has 1 aromatic rings. The zero-order valence-electron chi connectivity index (χ0n) is 9.99. The minimum absolute atomic E-state index is 0.403. The predicted molar refractivity (Wildman–Crippen MR) is 66.8 cm³/mol. The van der Waals surface area contributed by atoms with Crippen LogP contribution in [0.15, 0.2) is 24.3 Å². The summed E-state index contributed by atoms with van der Waals surface area (Å²) in [5.41, 5.74) is 7.37. The van der Waals surface area contributed by atoms with Crippen LogP contribution in [0.4, 0.5) is 0 Å². The molecule has 2 heteroatoms. The Morgan fingerprint density at radius 2 is 1.94 bits per heavy atom. The summed E-state index contributed by atoms with van der Waals surface area (Å²) in [6.07, 6.45) is 5.99. The Labute approximate surface area is 97.8 Å². The quantitative estimate of drug-likeness (QED) is 0.776. The van der Waals surface area contributed by atoms with Crippen molar-refractivity contribution in [2.24, 2.45) is 5.73 Å². The van der Waals surface area contributed by atoms with E-state index in [1.807, 2.05) is 6.07 Å². The molecule has 1 aliphatic rings. The third-order valence-electron chi connectivity index (χ3n) is 3.59. The SMILES string of the molecule is COc1ccccc1C1CCCC(N)CC1. The van der Waals surface area contributed by atoms with Crippen molar-refractivity contribution in [2.45, 2.75) is 44.1 Å². The highest BCUT2D eigenvalue weighted by Crippen LogP contribution is 2.35. The first-order chi connectivity index (χ1) is 7.81. The number of methoxy groups -OCH3 is 1. The van der Waals surface area contributed by atoms with E-state index < -0.39 is 0 Å². The molecule has 88 valence electrons. The number of rotatable bonds is 2. The Morgan fingerprint density at radius 1 is 1.12 bits per heavy atom. The minimum atomic E-state index is 0.403. The van der Waals surface area contributed by atoms with Gasteiger partial charge in [-0.3, -0.25) is 0 Å². The summed E-state index contributed by atoms with van der Waals surface area (Å²) >= 11 is 0. The van der Waals surface area contributed by atoms with Gasteiger partial charge in [-0.05, 0) is 43.2 Å². The zero-order valence-corrected chi connectivity index (χ0v) is 9.99. The molecule has 2 unspecified atom stereocenters. The van der Waals surface area contributed by atoms with Crippen LogP contribution in [-0.4, -0.2) is 13.2 Å². The zero-order chi connectivity index (χ0) is 11.4. The van der Waals surface area contributed by atoms with Crippen LogP contribution < -0.4 is 10.5 Å². The summed E-state index contributed by atoms with van der Waals surface area (Å²) in [4.78, 5) is 0. The van der Waals surface area contributed by atoms with Crippen molar-refractivity contribution in [2.75, 3.05) is 7.11 Å². The van der Waals surface area contributed by atoms with Crippen LogP contribution in [0.3, 0.4) is 0 Å². The molecular formula is C14H21NO. The molecule has 1 aromatic carbocycles. The van der Waals surface area contributed by atoms with Gasteiger partial charge in [-0.15, -0.1) is 0 Å². The van der Waals surface area contributed by atoms with Crippen LogP contribution in [0.5, 0.6) is 5.75 Å². The van der Waals surface area contributed by atoms with Crippen molar-refractivity contribution in [1.82, 2.24) is 0 Å². The van der Waals surface area contributed by atoms with E-state index in [-0.39, 0.29) is 0 Å². The maximum atomic E-state index is 6.01. The van der Waals surface area contributed by atoms with E-state index in [9.17, 15) is 0 Å². The summed E-state index contributed by atoms with van der Waals surface area (Å²) in [6.45, 7) is 0. The van der Waals surface area contributed by atoms with Gasteiger partial charge in [-0.25, -0.2) is 0 Å². The number of nitrogens with two attached hydrogens (primary N) is 1. The normalized spacial score (nSPS) is 26.1. The van der Waals surface area contributed by atoms with Crippen molar-refractivity contribution < 1.29 is 4.74 Å². The van der Waals surface area contributed by atoms with Crippen LogP contribution in [-0.2, 0) is 0 Å². The molecule has 0 radical (unpaired) electrons. The molecule has 0 spiro atoms. The molecule has 0 aromatic heterocycles. The number of benzene rings is 1. The summed E-state index contributed by atoms with van der Waals surface area (Å²) < 4.78 is 5.43. The van der Waals surface area contributed by atoms with E-state index in [0.717, 1.165) is 12.2 Å². The largest absolute Gasteiger partial charge is 0.496 e. The Morgan fingerprint density at radius 3 is 2.75 bits per heavy atom. The molecule has 0 amide bonds. The van der Waals surface area contributed by atoms with Crippen LogP contribution in [0.2, 0.25) is 0 Å². The van der Waals surface area contributed by atoms with Gasteiger partial charge in [0.1, 0.15) is 5.75 Å². The Kier molecular flexibility index (Phi) is 3.83. The maximum Gasteiger partial charge on any atom is 0.122 e. The van der Waals surface area contributed by atoms with Crippen molar-refractivity contribution in [3.05, 3.63) is 29.8 Å². The predicted octanol–water partition coefficient (Wildman–Crippen LogP) is 3.07. The molecule has 0 bridgehead atoms. The van der Waals surface area contributed by atoms with Crippen molar-refractivity contribution in [1.29, 1.82) is 0 Å². The van der Waals surface area contributed by atoms with Gasteiger partial charge < -0.3 is 10.5 Å². The summed E-state index contributed by atoms with van der Waals surface area (Å²) in [7, 11) is 1.75. The van der Waals surface area contributed by atoms with Crippen molar-refractivity contribution in [3.8, 4) is 5.75 Å². The van der Waals surface area contributed by atoms with Crippen molar-refractivity contribution >= 4 is 0 Å². The van der Waals surface area contributed by atoms with Gasteiger partial charge in [-0.2, -0.15) is 0 Å². The lowest BCUT2D eigenvalue weighted by Gasteiger charge is -2.17. The fraction of sp³-hybridized carbons (Fsp3) is 0.571. The summed E-state index contributed by atoms with van der Waals surface area (Å²) in [6, 6.07) is 8.79. The van der Waals surface area contributed by atoms with E-state index in [1.165, 1.54) is 31.2 Å². The Bertz CT molecular complexity index is 337. The lowest BCUT2D eigenvalue weighted by atomic mass is 9.91. The molecule has 2 atom stereocenters. The fourth-order valence-electron chi connectivity index (χ4n) is 2.65. The van der Waals surface area contributed by atoms with E-state index in [0.29, 0.717) is 12.0 Å². The van der Waals surface area contributed by atoms with Crippen LogP contribution in [0.25, 0.3) is 0 Å². The molecule has 2 nitrogen and oxygen atoms in total. The highest BCUT2D eigenvalue weighted by Gasteiger charge is 2.20. The van der Waals surface area contributed by atoms with Gasteiger partial charge in [0.05, 0.1) is 7.11 Å². The van der Waals surface area contributed by atoms with E-state index in [1.54, 1.807) is 7.11 Å². The number of para-hydroxylation sites is 1. The van der Waals surface area contributed by atoms with Crippen LogP contribution >= 0.6 is 0 Å². The molecule has 1 aliphatic carbocycles. The first kappa shape index (κ1) is 11.5. The van der Waals surface area contributed by atoms with Gasteiger partial charge >= 0.3 is 0 Å². The van der Waals surface area contributed by atoms with E-state index >= 15 is 0 Å². The smallest absolute Gasteiger partial charge is 0.122 e. The van der Waals surface area contributed by atoms with Crippen LogP contribution in [0, 0.1) is 0 Å². The lowest BCUT2D eigenvalue weighted by molar-refractivity contribution is 0.402. The first-order valence-corrected chi connectivity index (χ1v) is 6.19. The third kappa shape index (κ3) is 2.56. The van der Waals surface area contributed by atoms with E-state index in [2.05, 4.69) is 18.2 Å². The molecule has 0 heterocycles. The molecule has 16 heavy (non-hydrogen) atoms. The van der Waals surface area contributed by atoms with Crippen molar-refractivity contribution in [3.63, 3.8) is 0 Å². The van der Waals surface area contributed by atoms with Gasteiger partial charge in [-0.1, -0.05) is 24.6 Å².